The second kappa shape index (κ2) is 8.53. The molecule has 1 aromatic heterocycles. The molecule has 1 heterocycles. The Morgan fingerprint density at radius 1 is 1.17 bits per heavy atom. The highest BCUT2D eigenvalue weighted by Gasteiger charge is 2.30. The van der Waals surface area contributed by atoms with Crippen LogP contribution in [0.25, 0.3) is 10.9 Å². The zero-order valence-electron chi connectivity index (χ0n) is 16.5. The van der Waals surface area contributed by atoms with Gasteiger partial charge < -0.3 is 10.1 Å². The second-order valence-corrected chi connectivity index (χ2v) is 6.66. The van der Waals surface area contributed by atoms with Crippen molar-refractivity contribution in [3.8, 4) is 11.8 Å². The number of ketones is 1. The van der Waals surface area contributed by atoms with E-state index >= 15 is 0 Å². The van der Waals surface area contributed by atoms with Crippen molar-refractivity contribution in [2.75, 3.05) is 11.9 Å². The molecule has 1 unspecified atom stereocenters. The quantitative estimate of drug-likeness (QED) is 0.505. The molecule has 0 aliphatic rings. The van der Waals surface area contributed by atoms with E-state index in [-0.39, 0.29) is 5.56 Å². The van der Waals surface area contributed by atoms with Gasteiger partial charge in [-0.15, -0.1) is 0 Å². The Morgan fingerprint density at radius 3 is 2.66 bits per heavy atom. The lowest BCUT2D eigenvalue weighted by molar-refractivity contribution is -0.117. The predicted octanol–water partition coefficient (Wildman–Crippen LogP) is 4.21. The minimum Gasteiger partial charge on any atom is -0.492 e. The number of carbonyl (C=O) groups is 2. The molecule has 6 nitrogen and oxygen atoms in total. The number of nitrogens with zero attached hydrogens (tertiary/aromatic N) is 2. The Balaban J connectivity index is 1.91. The minimum absolute atomic E-state index is 0.267. The fraction of sp³-hybridized carbons (Fsp3) is 0.217. The van der Waals surface area contributed by atoms with Gasteiger partial charge in [0, 0.05) is 16.6 Å². The monoisotopic (exact) mass is 387 g/mol. The Hall–Kier alpha value is -3.72. The Morgan fingerprint density at radius 2 is 1.93 bits per heavy atom. The van der Waals surface area contributed by atoms with Gasteiger partial charge in [-0.25, -0.2) is 0 Å². The summed E-state index contributed by atoms with van der Waals surface area (Å²) in [5.74, 6) is -2.29. The van der Waals surface area contributed by atoms with E-state index in [1.807, 2.05) is 38.1 Å². The normalized spacial score (nSPS) is 11.5. The lowest BCUT2D eigenvalue weighted by Crippen LogP contribution is -2.29. The van der Waals surface area contributed by atoms with E-state index < -0.39 is 17.6 Å². The first-order valence-corrected chi connectivity index (χ1v) is 9.29. The predicted molar refractivity (Wildman–Crippen MR) is 111 cm³/mol. The molecule has 0 saturated carbocycles. The topological polar surface area (TPSA) is 92.1 Å². The molecule has 0 fully saturated rings. The molecule has 0 saturated heterocycles. The summed E-state index contributed by atoms with van der Waals surface area (Å²) in [5.41, 5.74) is 2.95. The lowest BCUT2D eigenvalue weighted by Gasteiger charge is -2.14. The third-order valence-electron chi connectivity index (χ3n) is 4.52. The third kappa shape index (κ3) is 4.25. The molecule has 2 aromatic carbocycles. The van der Waals surface area contributed by atoms with Crippen molar-refractivity contribution >= 4 is 28.3 Å². The first-order chi connectivity index (χ1) is 13.9. The molecule has 0 aliphatic carbocycles. The Labute approximate surface area is 169 Å². The van der Waals surface area contributed by atoms with Gasteiger partial charge in [0.1, 0.15) is 5.75 Å². The van der Waals surface area contributed by atoms with Crippen LogP contribution in [0.2, 0.25) is 0 Å². The van der Waals surface area contributed by atoms with Crippen molar-refractivity contribution in [2.24, 2.45) is 5.92 Å². The van der Waals surface area contributed by atoms with Crippen LogP contribution in [-0.2, 0) is 4.79 Å². The van der Waals surface area contributed by atoms with Crippen molar-refractivity contribution in [1.82, 2.24) is 4.98 Å². The molecule has 3 rings (SSSR count). The standard InChI is InChI=1S/C23H21N3O3/c1-4-29-21-8-6-5-7-20(21)26-23(28)18(13-24)22(27)17-12-16-11-14(2)9-10-19(16)25-15(17)3/h5-12,18H,4H2,1-3H3,(H,26,28). The number of carbonyl (C=O) groups excluding carboxylic acids is 2. The summed E-state index contributed by atoms with van der Waals surface area (Å²) in [4.78, 5) is 30.2. The van der Waals surface area contributed by atoms with Crippen molar-refractivity contribution in [3.05, 3.63) is 65.4 Å². The van der Waals surface area contributed by atoms with E-state index in [0.29, 0.717) is 23.7 Å². The molecule has 0 bridgehead atoms. The second-order valence-electron chi connectivity index (χ2n) is 6.66. The molecular weight excluding hydrogens is 366 g/mol. The first-order valence-electron chi connectivity index (χ1n) is 9.29. The van der Waals surface area contributed by atoms with E-state index in [2.05, 4.69) is 10.3 Å². The number of hydrogen-bond acceptors (Lipinski definition) is 5. The average molecular weight is 387 g/mol. The number of aryl methyl sites for hydroxylation is 2. The van der Waals surface area contributed by atoms with Gasteiger partial charge in [0.05, 0.1) is 23.9 Å². The molecule has 146 valence electrons. The summed E-state index contributed by atoms with van der Waals surface area (Å²) in [5, 5.41) is 13.0. The van der Waals surface area contributed by atoms with Crippen molar-refractivity contribution in [2.45, 2.75) is 20.8 Å². The van der Waals surface area contributed by atoms with Gasteiger partial charge in [0.2, 0.25) is 5.91 Å². The Bertz CT molecular complexity index is 1130. The van der Waals surface area contributed by atoms with Crippen LogP contribution in [-0.4, -0.2) is 23.3 Å². The molecule has 0 aliphatic heterocycles. The Kier molecular flexibility index (Phi) is 5.89. The average Bonchev–Trinajstić information content (AvgIpc) is 2.70. The van der Waals surface area contributed by atoms with E-state index in [0.717, 1.165) is 16.5 Å². The number of rotatable bonds is 6. The number of benzene rings is 2. The number of aromatic nitrogens is 1. The highest BCUT2D eigenvalue weighted by atomic mass is 16.5. The van der Waals surface area contributed by atoms with Crippen LogP contribution >= 0.6 is 0 Å². The number of anilines is 1. The number of nitriles is 1. The number of fused-ring (bicyclic) bond motifs is 1. The fourth-order valence-corrected chi connectivity index (χ4v) is 3.09. The number of Topliss-reactive ketones (excluding diaryl/α,β-unsaturated/α-hetero) is 1. The number of para-hydroxylation sites is 2. The van der Waals surface area contributed by atoms with Crippen LogP contribution in [0.3, 0.4) is 0 Å². The van der Waals surface area contributed by atoms with Crippen LogP contribution in [0, 0.1) is 31.1 Å². The molecule has 0 radical (unpaired) electrons. The zero-order chi connectivity index (χ0) is 21.0. The van der Waals surface area contributed by atoms with Crippen molar-refractivity contribution in [3.63, 3.8) is 0 Å². The SMILES string of the molecule is CCOc1ccccc1NC(=O)C(C#N)C(=O)c1cc2cc(C)ccc2nc1C. The number of amides is 1. The summed E-state index contributed by atoms with van der Waals surface area (Å²) >= 11 is 0. The summed E-state index contributed by atoms with van der Waals surface area (Å²) in [7, 11) is 0. The largest absolute Gasteiger partial charge is 0.492 e. The summed E-state index contributed by atoms with van der Waals surface area (Å²) in [6.07, 6.45) is 0. The lowest BCUT2D eigenvalue weighted by atomic mass is 9.95. The van der Waals surface area contributed by atoms with Crippen LogP contribution in [0.5, 0.6) is 5.75 Å². The summed E-state index contributed by atoms with van der Waals surface area (Å²) in [6.45, 7) is 5.90. The molecule has 1 amide bonds. The van der Waals surface area contributed by atoms with E-state index in [4.69, 9.17) is 4.74 Å². The number of hydrogen-bond donors (Lipinski definition) is 1. The highest BCUT2D eigenvalue weighted by molar-refractivity contribution is 6.16. The third-order valence-corrected chi connectivity index (χ3v) is 4.52. The smallest absolute Gasteiger partial charge is 0.249 e. The van der Waals surface area contributed by atoms with Gasteiger partial charge in [-0.05, 0) is 51.1 Å². The minimum atomic E-state index is -1.49. The molecule has 29 heavy (non-hydrogen) atoms. The molecule has 1 N–H and O–H groups in total. The molecule has 6 heteroatoms. The number of ether oxygens (including phenoxy) is 1. The first kappa shape index (κ1) is 20.0. The van der Waals surface area contributed by atoms with Gasteiger partial charge in [0.25, 0.3) is 0 Å². The van der Waals surface area contributed by atoms with Crippen LogP contribution in [0.4, 0.5) is 5.69 Å². The summed E-state index contributed by atoms with van der Waals surface area (Å²) < 4.78 is 5.48. The molecule has 1 atom stereocenters. The van der Waals surface area contributed by atoms with Crippen LogP contribution in [0.15, 0.2) is 48.5 Å². The van der Waals surface area contributed by atoms with Crippen molar-refractivity contribution < 1.29 is 14.3 Å². The van der Waals surface area contributed by atoms with Crippen LogP contribution in [0.1, 0.15) is 28.5 Å². The van der Waals surface area contributed by atoms with E-state index in [1.54, 1.807) is 37.3 Å². The maximum absolute atomic E-state index is 13.0. The van der Waals surface area contributed by atoms with Gasteiger partial charge in [-0.1, -0.05) is 23.8 Å². The van der Waals surface area contributed by atoms with E-state index in [9.17, 15) is 14.9 Å². The molecule has 0 spiro atoms. The number of pyridine rings is 1. The molecular formula is C23H21N3O3. The van der Waals surface area contributed by atoms with Gasteiger partial charge in [-0.2, -0.15) is 5.26 Å². The highest BCUT2D eigenvalue weighted by Crippen LogP contribution is 2.25. The maximum Gasteiger partial charge on any atom is 0.249 e. The zero-order valence-corrected chi connectivity index (χ0v) is 16.5. The van der Waals surface area contributed by atoms with Crippen molar-refractivity contribution in [1.29, 1.82) is 5.26 Å². The van der Waals surface area contributed by atoms with Gasteiger partial charge >= 0.3 is 0 Å². The summed E-state index contributed by atoms with van der Waals surface area (Å²) in [6, 6.07) is 16.1. The fourth-order valence-electron chi connectivity index (χ4n) is 3.09. The molecule has 3 aromatic rings. The maximum atomic E-state index is 13.0. The van der Waals surface area contributed by atoms with E-state index in [1.165, 1.54) is 0 Å². The van der Waals surface area contributed by atoms with Crippen LogP contribution < -0.4 is 10.1 Å². The van der Waals surface area contributed by atoms with Gasteiger partial charge in [-0.3, -0.25) is 14.6 Å². The number of nitrogens with one attached hydrogen (secondary N) is 1. The van der Waals surface area contributed by atoms with Gasteiger partial charge in [0.15, 0.2) is 11.7 Å².